The minimum atomic E-state index is -0.444. The zero-order valence-corrected chi connectivity index (χ0v) is 12.5. The number of nitrogens with two attached hydrogens (primary N) is 1. The number of esters is 1. The molecular formula is C17H19NO3. The Balaban J connectivity index is 2.26. The maximum absolute atomic E-state index is 11.8. The van der Waals surface area contributed by atoms with Crippen LogP contribution in [0.3, 0.4) is 0 Å². The molecule has 0 aromatic heterocycles. The van der Waals surface area contributed by atoms with Crippen molar-refractivity contribution >= 4 is 11.7 Å². The van der Waals surface area contributed by atoms with Crippen LogP contribution in [0, 0.1) is 13.8 Å². The molecule has 0 unspecified atom stereocenters. The SMILES string of the molecule is CCOC(=O)c1cc(Oc2ccc(C)c(C)c2)ccc1N. The lowest BCUT2D eigenvalue weighted by Crippen LogP contribution is -2.08. The van der Waals surface area contributed by atoms with Crippen LogP contribution in [0.5, 0.6) is 11.5 Å². The van der Waals surface area contributed by atoms with E-state index >= 15 is 0 Å². The number of aryl methyl sites for hydroxylation is 2. The molecule has 2 aromatic rings. The zero-order valence-electron chi connectivity index (χ0n) is 12.5. The van der Waals surface area contributed by atoms with Gasteiger partial charge in [0.05, 0.1) is 12.2 Å². The van der Waals surface area contributed by atoms with E-state index in [0.29, 0.717) is 23.6 Å². The molecule has 0 atom stereocenters. The third-order valence-corrected chi connectivity index (χ3v) is 3.23. The van der Waals surface area contributed by atoms with Crippen molar-refractivity contribution in [2.24, 2.45) is 0 Å². The van der Waals surface area contributed by atoms with Gasteiger partial charge in [0.15, 0.2) is 0 Å². The minimum Gasteiger partial charge on any atom is -0.462 e. The standard InChI is InChI=1S/C17H19NO3/c1-4-20-17(19)15-10-14(7-8-16(15)18)21-13-6-5-11(2)12(3)9-13/h5-10H,4,18H2,1-3H3. The van der Waals surface area contributed by atoms with Gasteiger partial charge in [-0.1, -0.05) is 6.07 Å². The van der Waals surface area contributed by atoms with Crippen LogP contribution in [0.1, 0.15) is 28.4 Å². The number of hydrogen-bond acceptors (Lipinski definition) is 4. The Kier molecular flexibility index (Phi) is 4.48. The summed E-state index contributed by atoms with van der Waals surface area (Å²) < 4.78 is 10.7. The van der Waals surface area contributed by atoms with E-state index in [2.05, 4.69) is 0 Å². The number of hydrogen-bond donors (Lipinski definition) is 1. The zero-order chi connectivity index (χ0) is 15.4. The molecule has 2 N–H and O–H groups in total. The van der Waals surface area contributed by atoms with Gasteiger partial charge in [-0.25, -0.2) is 4.79 Å². The van der Waals surface area contributed by atoms with E-state index in [0.717, 1.165) is 11.3 Å². The molecule has 2 rings (SSSR count). The highest BCUT2D eigenvalue weighted by Crippen LogP contribution is 2.27. The summed E-state index contributed by atoms with van der Waals surface area (Å²) in [5, 5.41) is 0. The molecule has 0 aliphatic carbocycles. The van der Waals surface area contributed by atoms with E-state index < -0.39 is 5.97 Å². The Morgan fingerprint density at radius 1 is 1.05 bits per heavy atom. The summed E-state index contributed by atoms with van der Waals surface area (Å²) in [7, 11) is 0. The third kappa shape index (κ3) is 3.54. The summed E-state index contributed by atoms with van der Waals surface area (Å²) in [5.41, 5.74) is 8.84. The van der Waals surface area contributed by atoms with E-state index in [1.54, 1.807) is 25.1 Å². The van der Waals surface area contributed by atoms with E-state index in [-0.39, 0.29) is 0 Å². The highest BCUT2D eigenvalue weighted by molar-refractivity contribution is 5.95. The van der Waals surface area contributed by atoms with Gasteiger partial charge in [0.25, 0.3) is 0 Å². The predicted molar refractivity (Wildman–Crippen MR) is 82.8 cm³/mol. The second-order valence-electron chi connectivity index (χ2n) is 4.82. The lowest BCUT2D eigenvalue weighted by Gasteiger charge is -2.10. The first-order valence-electron chi connectivity index (χ1n) is 6.83. The predicted octanol–water partition coefficient (Wildman–Crippen LogP) is 3.85. The Bertz CT molecular complexity index is 665. The number of benzene rings is 2. The highest BCUT2D eigenvalue weighted by atomic mass is 16.5. The Morgan fingerprint density at radius 2 is 1.71 bits per heavy atom. The average molecular weight is 285 g/mol. The van der Waals surface area contributed by atoms with Crippen molar-refractivity contribution in [1.82, 2.24) is 0 Å². The number of carbonyl (C=O) groups is 1. The summed E-state index contributed by atoms with van der Waals surface area (Å²) in [6.07, 6.45) is 0. The quantitative estimate of drug-likeness (QED) is 0.684. The van der Waals surface area contributed by atoms with Crippen LogP contribution < -0.4 is 10.5 Å². The van der Waals surface area contributed by atoms with Crippen LogP contribution in [-0.4, -0.2) is 12.6 Å². The fourth-order valence-electron chi connectivity index (χ4n) is 1.90. The maximum atomic E-state index is 11.8. The van der Waals surface area contributed by atoms with Crippen LogP contribution in [0.4, 0.5) is 5.69 Å². The van der Waals surface area contributed by atoms with Crippen molar-refractivity contribution in [3.05, 3.63) is 53.1 Å². The summed E-state index contributed by atoms with van der Waals surface area (Å²) >= 11 is 0. The van der Waals surface area contributed by atoms with Gasteiger partial charge in [0, 0.05) is 5.69 Å². The van der Waals surface area contributed by atoms with E-state index in [1.165, 1.54) is 5.56 Å². The van der Waals surface area contributed by atoms with Gasteiger partial charge >= 0.3 is 5.97 Å². The fraction of sp³-hybridized carbons (Fsp3) is 0.235. The first kappa shape index (κ1) is 14.9. The van der Waals surface area contributed by atoms with Crippen LogP contribution in [0.25, 0.3) is 0 Å². The lowest BCUT2D eigenvalue weighted by atomic mass is 10.1. The first-order valence-corrected chi connectivity index (χ1v) is 6.83. The molecule has 4 heteroatoms. The highest BCUT2D eigenvalue weighted by Gasteiger charge is 2.12. The van der Waals surface area contributed by atoms with E-state index in [1.807, 2.05) is 32.0 Å². The van der Waals surface area contributed by atoms with Crippen molar-refractivity contribution in [1.29, 1.82) is 0 Å². The molecule has 0 heterocycles. The molecule has 0 spiro atoms. The first-order chi connectivity index (χ1) is 10.0. The van der Waals surface area contributed by atoms with Crippen LogP contribution in [0.15, 0.2) is 36.4 Å². The molecule has 0 bridgehead atoms. The fourth-order valence-corrected chi connectivity index (χ4v) is 1.90. The van der Waals surface area contributed by atoms with E-state index in [4.69, 9.17) is 15.2 Å². The molecule has 0 saturated carbocycles. The monoisotopic (exact) mass is 285 g/mol. The molecule has 2 aromatic carbocycles. The number of rotatable bonds is 4. The minimum absolute atomic E-state index is 0.306. The number of carbonyl (C=O) groups excluding carboxylic acids is 1. The van der Waals surface area contributed by atoms with Gasteiger partial charge in [0.2, 0.25) is 0 Å². The maximum Gasteiger partial charge on any atom is 0.340 e. The smallest absolute Gasteiger partial charge is 0.340 e. The van der Waals surface area contributed by atoms with Gasteiger partial charge in [-0.3, -0.25) is 0 Å². The van der Waals surface area contributed by atoms with Crippen molar-refractivity contribution in [2.75, 3.05) is 12.3 Å². The van der Waals surface area contributed by atoms with Crippen molar-refractivity contribution < 1.29 is 14.3 Å². The molecule has 21 heavy (non-hydrogen) atoms. The molecule has 4 nitrogen and oxygen atoms in total. The molecule has 110 valence electrons. The van der Waals surface area contributed by atoms with Crippen molar-refractivity contribution in [2.45, 2.75) is 20.8 Å². The number of nitrogen functional groups attached to an aromatic ring is 1. The van der Waals surface area contributed by atoms with Gasteiger partial charge in [-0.15, -0.1) is 0 Å². The summed E-state index contributed by atoms with van der Waals surface area (Å²) in [6.45, 7) is 6.13. The molecule has 0 fully saturated rings. The average Bonchev–Trinajstić information content (AvgIpc) is 2.45. The van der Waals surface area contributed by atoms with Gasteiger partial charge in [-0.2, -0.15) is 0 Å². The van der Waals surface area contributed by atoms with Crippen molar-refractivity contribution in [3.63, 3.8) is 0 Å². The van der Waals surface area contributed by atoms with E-state index in [9.17, 15) is 4.79 Å². The van der Waals surface area contributed by atoms with Crippen LogP contribution in [-0.2, 0) is 4.74 Å². The van der Waals surface area contributed by atoms with Gasteiger partial charge in [-0.05, 0) is 62.2 Å². The lowest BCUT2D eigenvalue weighted by molar-refractivity contribution is 0.0527. The largest absolute Gasteiger partial charge is 0.462 e. The summed E-state index contributed by atoms with van der Waals surface area (Å²) in [5.74, 6) is 0.828. The molecule has 0 saturated heterocycles. The number of anilines is 1. The molecule has 0 aliphatic heterocycles. The Morgan fingerprint density at radius 3 is 2.38 bits per heavy atom. The Labute approximate surface area is 124 Å². The van der Waals surface area contributed by atoms with Gasteiger partial charge < -0.3 is 15.2 Å². The number of ether oxygens (including phenoxy) is 2. The normalized spacial score (nSPS) is 10.2. The topological polar surface area (TPSA) is 61.5 Å². The second-order valence-corrected chi connectivity index (χ2v) is 4.82. The van der Waals surface area contributed by atoms with Crippen LogP contribution >= 0.6 is 0 Å². The molecule has 0 amide bonds. The third-order valence-electron chi connectivity index (χ3n) is 3.23. The second kappa shape index (κ2) is 6.31. The molecule has 0 aliphatic rings. The summed E-state index contributed by atoms with van der Waals surface area (Å²) in [4.78, 5) is 11.8. The molecular weight excluding hydrogens is 266 g/mol. The molecule has 0 radical (unpaired) electrons. The Hall–Kier alpha value is -2.49. The van der Waals surface area contributed by atoms with Crippen LogP contribution in [0.2, 0.25) is 0 Å². The van der Waals surface area contributed by atoms with Crippen molar-refractivity contribution in [3.8, 4) is 11.5 Å². The van der Waals surface area contributed by atoms with Gasteiger partial charge in [0.1, 0.15) is 11.5 Å². The summed E-state index contributed by atoms with van der Waals surface area (Å²) in [6, 6.07) is 10.8.